The molecule has 1 aromatic rings. The van der Waals surface area contributed by atoms with Gasteiger partial charge in [0.15, 0.2) is 0 Å². The number of carbonyl (C=O) groups excluding carboxylic acids is 1. The minimum Gasteiger partial charge on any atom is -0.457 e. The quantitative estimate of drug-likeness (QED) is 0.778. The highest BCUT2D eigenvalue weighted by Crippen LogP contribution is 2.25. The van der Waals surface area contributed by atoms with Crippen molar-refractivity contribution in [2.75, 3.05) is 6.54 Å². The number of thiophene rings is 1. The van der Waals surface area contributed by atoms with Crippen molar-refractivity contribution in [1.82, 2.24) is 5.32 Å². The van der Waals surface area contributed by atoms with Gasteiger partial charge in [-0.3, -0.25) is 4.79 Å². The van der Waals surface area contributed by atoms with Crippen molar-refractivity contribution in [3.63, 3.8) is 0 Å². The van der Waals surface area contributed by atoms with Crippen LogP contribution in [0.5, 0.6) is 0 Å². The smallest absolute Gasteiger partial charge is 0.303 e. The molecule has 0 saturated heterocycles. The third kappa shape index (κ3) is 4.77. The molecule has 0 unspecified atom stereocenters. The summed E-state index contributed by atoms with van der Waals surface area (Å²) in [7, 11) is 0. The summed E-state index contributed by atoms with van der Waals surface area (Å²) in [6.07, 6.45) is 0.710. The van der Waals surface area contributed by atoms with Crippen LogP contribution in [-0.4, -0.2) is 18.6 Å². The second kappa shape index (κ2) is 6.66. The van der Waals surface area contributed by atoms with Crippen LogP contribution in [0.25, 0.3) is 0 Å². The number of rotatable bonds is 6. The molecule has 0 aliphatic rings. The van der Waals surface area contributed by atoms with Crippen LogP contribution in [-0.2, 0) is 9.53 Å². The number of hydrogen-bond acceptors (Lipinski definition) is 4. The second-order valence-corrected chi connectivity index (χ2v) is 4.99. The van der Waals surface area contributed by atoms with Gasteiger partial charge in [-0.15, -0.1) is 11.3 Å². The summed E-state index contributed by atoms with van der Waals surface area (Å²) < 4.78 is 5.31. The van der Waals surface area contributed by atoms with Crippen molar-refractivity contribution in [2.45, 2.75) is 39.3 Å². The Morgan fingerprint density at radius 3 is 2.81 bits per heavy atom. The average molecular weight is 241 g/mol. The van der Waals surface area contributed by atoms with Crippen LogP contribution < -0.4 is 5.32 Å². The Morgan fingerprint density at radius 2 is 2.31 bits per heavy atom. The molecule has 0 bridgehead atoms. The number of nitrogens with one attached hydrogen (secondary N) is 1. The van der Waals surface area contributed by atoms with E-state index in [9.17, 15) is 4.79 Å². The van der Waals surface area contributed by atoms with Crippen LogP contribution >= 0.6 is 11.3 Å². The van der Waals surface area contributed by atoms with Gasteiger partial charge < -0.3 is 10.1 Å². The first-order chi connectivity index (χ1) is 7.59. The van der Waals surface area contributed by atoms with Crippen LogP contribution in [0.3, 0.4) is 0 Å². The van der Waals surface area contributed by atoms with Crippen LogP contribution in [0.1, 0.15) is 38.2 Å². The Bertz CT molecular complexity index is 309. The van der Waals surface area contributed by atoms with Crippen LogP contribution in [0, 0.1) is 0 Å². The van der Waals surface area contributed by atoms with Crippen LogP contribution in [0.4, 0.5) is 0 Å². The van der Waals surface area contributed by atoms with Crippen LogP contribution in [0.15, 0.2) is 17.5 Å². The van der Waals surface area contributed by atoms with Gasteiger partial charge in [-0.2, -0.15) is 0 Å². The number of esters is 1. The molecule has 0 aromatic carbocycles. The number of carbonyl (C=O) groups is 1. The Morgan fingerprint density at radius 1 is 1.56 bits per heavy atom. The lowest BCUT2D eigenvalue weighted by molar-refractivity contribution is -0.146. The predicted molar refractivity (Wildman–Crippen MR) is 66.6 cm³/mol. The van der Waals surface area contributed by atoms with Crippen molar-refractivity contribution in [1.29, 1.82) is 0 Å². The van der Waals surface area contributed by atoms with E-state index in [1.54, 1.807) is 11.3 Å². The summed E-state index contributed by atoms with van der Waals surface area (Å²) in [6.45, 7) is 6.52. The highest BCUT2D eigenvalue weighted by Gasteiger charge is 2.15. The second-order valence-electron chi connectivity index (χ2n) is 4.01. The first-order valence-corrected chi connectivity index (χ1v) is 6.41. The lowest BCUT2D eigenvalue weighted by Crippen LogP contribution is -2.25. The Balaban J connectivity index is 2.48. The van der Waals surface area contributed by atoms with Crippen molar-refractivity contribution in [2.24, 2.45) is 0 Å². The molecule has 0 radical (unpaired) electrons. The molecule has 1 N–H and O–H groups in total. The molecule has 0 spiro atoms. The van der Waals surface area contributed by atoms with Crippen molar-refractivity contribution in [3.05, 3.63) is 22.4 Å². The van der Waals surface area contributed by atoms with Gasteiger partial charge in [-0.1, -0.05) is 19.9 Å². The van der Waals surface area contributed by atoms with Gasteiger partial charge in [0.25, 0.3) is 0 Å². The third-order valence-electron chi connectivity index (χ3n) is 2.13. The molecule has 3 nitrogen and oxygen atoms in total. The fourth-order valence-corrected chi connectivity index (χ4v) is 2.23. The lowest BCUT2D eigenvalue weighted by atomic mass is 10.2. The molecular formula is C12H19NO2S. The van der Waals surface area contributed by atoms with E-state index in [2.05, 4.69) is 19.2 Å². The highest BCUT2D eigenvalue weighted by atomic mass is 32.1. The van der Waals surface area contributed by atoms with Crippen molar-refractivity contribution < 1.29 is 9.53 Å². The molecule has 1 heterocycles. The summed E-state index contributed by atoms with van der Waals surface area (Å²) >= 11 is 1.63. The van der Waals surface area contributed by atoms with Gasteiger partial charge in [0, 0.05) is 24.3 Å². The zero-order valence-electron chi connectivity index (χ0n) is 10.0. The number of ether oxygens (including phenoxy) is 1. The van der Waals surface area contributed by atoms with E-state index in [4.69, 9.17) is 4.74 Å². The lowest BCUT2D eigenvalue weighted by Gasteiger charge is -2.16. The minimum absolute atomic E-state index is 0.108. The summed E-state index contributed by atoms with van der Waals surface area (Å²) in [4.78, 5) is 12.1. The molecule has 0 saturated carbocycles. The number of hydrogen-bond donors (Lipinski definition) is 1. The largest absolute Gasteiger partial charge is 0.457 e. The average Bonchev–Trinajstić information content (AvgIpc) is 2.67. The van der Waals surface area contributed by atoms with E-state index in [0.717, 1.165) is 17.8 Å². The molecule has 90 valence electrons. The van der Waals surface area contributed by atoms with Gasteiger partial charge in [0.05, 0.1) is 0 Å². The standard InChI is InChI=1S/C12H19NO2S/c1-9(2)13-7-6-11(15-10(3)14)12-5-4-8-16-12/h4-5,8-9,11,13H,6-7H2,1-3H3/t11-/m0/s1. The van der Waals surface area contributed by atoms with Crippen molar-refractivity contribution in [3.8, 4) is 0 Å². The van der Waals surface area contributed by atoms with Gasteiger partial charge >= 0.3 is 5.97 Å². The Kier molecular flexibility index (Phi) is 5.49. The summed E-state index contributed by atoms with van der Waals surface area (Å²) in [5, 5.41) is 5.33. The Hall–Kier alpha value is -0.870. The molecule has 1 rings (SSSR count). The molecule has 0 aliphatic heterocycles. The molecule has 0 fully saturated rings. The van der Waals surface area contributed by atoms with Gasteiger partial charge in [-0.25, -0.2) is 0 Å². The van der Waals surface area contributed by atoms with Crippen LogP contribution in [0.2, 0.25) is 0 Å². The van der Waals surface area contributed by atoms with Gasteiger partial charge in [-0.05, 0) is 18.0 Å². The normalized spacial score (nSPS) is 12.8. The maximum atomic E-state index is 11.0. The summed E-state index contributed by atoms with van der Waals surface area (Å²) in [5.41, 5.74) is 0. The van der Waals surface area contributed by atoms with E-state index >= 15 is 0 Å². The molecular weight excluding hydrogens is 222 g/mol. The van der Waals surface area contributed by atoms with Gasteiger partial charge in [0.1, 0.15) is 6.10 Å². The Labute approximate surface area is 101 Å². The first kappa shape index (κ1) is 13.2. The molecule has 1 atom stereocenters. The molecule has 0 aliphatic carbocycles. The zero-order chi connectivity index (χ0) is 12.0. The predicted octanol–water partition coefficient (Wildman–Crippen LogP) is 2.74. The molecule has 4 heteroatoms. The molecule has 1 aromatic heterocycles. The topological polar surface area (TPSA) is 38.3 Å². The summed E-state index contributed by atoms with van der Waals surface area (Å²) in [5.74, 6) is -0.219. The summed E-state index contributed by atoms with van der Waals surface area (Å²) in [6, 6.07) is 4.45. The monoisotopic (exact) mass is 241 g/mol. The fourth-order valence-electron chi connectivity index (χ4n) is 1.44. The SMILES string of the molecule is CC(=O)O[C@@H](CCNC(C)C)c1cccs1. The highest BCUT2D eigenvalue weighted by molar-refractivity contribution is 7.10. The van der Waals surface area contributed by atoms with E-state index < -0.39 is 0 Å². The molecule has 0 amide bonds. The van der Waals surface area contributed by atoms with E-state index in [-0.39, 0.29) is 12.1 Å². The van der Waals surface area contributed by atoms with Gasteiger partial charge in [0.2, 0.25) is 0 Å². The first-order valence-electron chi connectivity index (χ1n) is 5.53. The minimum atomic E-state index is -0.219. The third-order valence-corrected chi connectivity index (χ3v) is 3.09. The van der Waals surface area contributed by atoms with Crippen molar-refractivity contribution >= 4 is 17.3 Å². The van der Waals surface area contributed by atoms with E-state index in [0.29, 0.717) is 6.04 Å². The maximum Gasteiger partial charge on any atom is 0.303 e. The van der Waals surface area contributed by atoms with E-state index in [1.807, 2.05) is 17.5 Å². The fraction of sp³-hybridized carbons (Fsp3) is 0.583. The molecule has 16 heavy (non-hydrogen) atoms. The zero-order valence-corrected chi connectivity index (χ0v) is 10.8. The van der Waals surface area contributed by atoms with E-state index in [1.165, 1.54) is 6.92 Å². The maximum absolute atomic E-state index is 11.0.